The number of rotatable bonds is 3. The molecule has 0 aliphatic carbocycles. The Hall–Kier alpha value is -2.55. The fourth-order valence-electron chi connectivity index (χ4n) is 1.48. The van der Waals surface area contributed by atoms with Crippen molar-refractivity contribution in [2.75, 3.05) is 0 Å². The van der Waals surface area contributed by atoms with Crippen LogP contribution in [0.25, 0.3) is 6.08 Å². The van der Waals surface area contributed by atoms with Crippen molar-refractivity contribution in [2.45, 2.75) is 83.1 Å². The van der Waals surface area contributed by atoms with E-state index in [1.54, 1.807) is 0 Å². The quantitative estimate of drug-likeness (QED) is 0.403. The van der Waals surface area contributed by atoms with E-state index in [-0.39, 0.29) is 0 Å². The number of allylic oxidation sites excluding steroid dienone is 3. The van der Waals surface area contributed by atoms with Crippen molar-refractivity contribution >= 4 is 12.3 Å². The Balaban J connectivity index is -0.000000180. The Bertz CT molecular complexity index is 616. The first kappa shape index (κ1) is 34.9. The molecule has 0 saturated heterocycles. The first-order valence-corrected chi connectivity index (χ1v) is 11.2. The Kier molecular flexibility index (Phi) is 33.4. The van der Waals surface area contributed by atoms with E-state index in [0.717, 1.165) is 22.5 Å². The molecule has 2 rings (SSSR count). The van der Waals surface area contributed by atoms with Gasteiger partial charge in [0.2, 0.25) is 0 Å². The van der Waals surface area contributed by atoms with Crippen molar-refractivity contribution in [2.24, 2.45) is 0 Å². The molecule has 2 aromatic rings. The van der Waals surface area contributed by atoms with E-state index >= 15 is 0 Å². The smallest absolute Gasteiger partial charge is 0.0373 e. The van der Waals surface area contributed by atoms with Crippen LogP contribution in [0.15, 0.2) is 54.4 Å². The Morgan fingerprint density at radius 3 is 1.53 bits per heavy atom. The molecule has 0 saturated carbocycles. The molecule has 0 spiro atoms. The molecule has 0 bridgehead atoms. The summed E-state index contributed by atoms with van der Waals surface area (Å²) in [5.41, 5.74) is 5.32. The summed E-state index contributed by atoms with van der Waals surface area (Å²) in [6, 6.07) is 8.07. The number of hydrogen-bond donors (Lipinski definition) is 1. The lowest BCUT2D eigenvalue weighted by Crippen LogP contribution is -1.79. The second-order valence-electron chi connectivity index (χ2n) is 5.12. The van der Waals surface area contributed by atoms with E-state index in [1.165, 1.54) is 11.8 Å². The van der Waals surface area contributed by atoms with Crippen molar-refractivity contribution in [1.82, 2.24) is 9.97 Å². The van der Waals surface area contributed by atoms with Gasteiger partial charge in [-0.3, -0.25) is 9.97 Å². The van der Waals surface area contributed by atoms with Crippen molar-refractivity contribution in [3.05, 3.63) is 76.9 Å². The average Bonchev–Trinajstić information content (AvgIpc) is 2.82. The van der Waals surface area contributed by atoms with Gasteiger partial charge in [0, 0.05) is 30.0 Å². The molecular weight excluding hydrogens is 366 g/mol. The third-order valence-electron chi connectivity index (χ3n) is 2.87. The molecule has 3 nitrogen and oxygen atoms in total. The zero-order valence-corrected chi connectivity index (χ0v) is 21.7. The second-order valence-corrected chi connectivity index (χ2v) is 5.12. The van der Waals surface area contributed by atoms with Crippen molar-refractivity contribution < 1.29 is 0 Å². The van der Waals surface area contributed by atoms with Crippen molar-refractivity contribution in [3.63, 3.8) is 0 Å². The van der Waals surface area contributed by atoms with Gasteiger partial charge in [0.05, 0.1) is 0 Å². The van der Waals surface area contributed by atoms with E-state index in [2.05, 4.69) is 16.0 Å². The van der Waals surface area contributed by atoms with E-state index < -0.39 is 0 Å². The molecule has 2 aromatic heterocycles. The van der Waals surface area contributed by atoms with Crippen molar-refractivity contribution in [3.8, 4) is 0 Å². The summed E-state index contributed by atoms with van der Waals surface area (Å²) >= 11 is 0. The van der Waals surface area contributed by atoms with Crippen LogP contribution in [-0.2, 0) is 0 Å². The summed E-state index contributed by atoms with van der Waals surface area (Å²) < 4.78 is 0. The minimum absolute atomic E-state index is 0.932. The Morgan fingerprint density at radius 2 is 1.20 bits per heavy atom. The number of pyridine rings is 2. The predicted molar refractivity (Wildman–Crippen MR) is 140 cm³/mol. The van der Waals surface area contributed by atoms with Crippen LogP contribution in [0.3, 0.4) is 0 Å². The molecule has 30 heavy (non-hydrogen) atoms. The van der Waals surface area contributed by atoms with Crippen LogP contribution < -0.4 is 0 Å². The largest absolute Gasteiger partial charge is 0.308 e. The second kappa shape index (κ2) is 28.7. The van der Waals surface area contributed by atoms with Crippen molar-refractivity contribution in [1.29, 1.82) is 5.41 Å². The summed E-state index contributed by atoms with van der Waals surface area (Å²) in [5.74, 6) is 0. The van der Waals surface area contributed by atoms with Gasteiger partial charge in [0.15, 0.2) is 0 Å². The van der Waals surface area contributed by atoms with Crippen LogP contribution in [0.5, 0.6) is 0 Å². The van der Waals surface area contributed by atoms with Crippen LogP contribution in [0.2, 0.25) is 0 Å². The molecule has 0 amide bonds. The highest BCUT2D eigenvalue weighted by Crippen LogP contribution is 2.02. The summed E-state index contributed by atoms with van der Waals surface area (Å²) in [5, 5.41) is 6.98. The zero-order chi connectivity index (χ0) is 24.4. The molecule has 0 fully saturated rings. The molecule has 0 aliphatic rings. The van der Waals surface area contributed by atoms with Gasteiger partial charge in [0.25, 0.3) is 0 Å². The van der Waals surface area contributed by atoms with Gasteiger partial charge >= 0.3 is 0 Å². The first-order chi connectivity index (χ1) is 14.5. The molecule has 0 radical (unpaired) electrons. The minimum Gasteiger partial charge on any atom is -0.308 e. The molecule has 1 N–H and O–H groups in total. The van der Waals surface area contributed by atoms with E-state index in [9.17, 15) is 0 Å². The maximum absolute atomic E-state index is 6.98. The van der Waals surface area contributed by atoms with E-state index in [0.29, 0.717) is 0 Å². The van der Waals surface area contributed by atoms with E-state index in [4.69, 9.17) is 5.41 Å². The molecule has 170 valence electrons. The minimum atomic E-state index is 0.932. The normalized spacial score (nSPS) is 8.87. The number of nitrogens with zero attached hydrogens (tertiary/aromatic N) is 2. The molecular formula is C27H47N3. The van der Waals surface area contributed by atoms with Crippen LogP contribution in [-0.4, -0.2) is 16.2 Å². The number of nitrogens with one attached hydrogen (secondary N) is 1. The molecule has 2 heterocycles. The Labute approximate surface area is 187 Å². The molecule has 3 heteroatoms. The van der Waals surface area contributed by atoms with Crippen LogP contribution in [0.4, 0.5) is 0 Å². The topological polar surface area (TPSA) is 49.6 Å². The highest BCUT2D eigenvalue weighted by molar-refractivity contribution is 5.75. The lowest BCUT2D eigenvalue weighted by molar-refractivity contribution is 1.17. The van der Waals surface area contributed by atoms with Gasteiger partial charge in [0.1, 0.15) is 0 Å². The molecule has 0 unspecified atom stereocenters. The van der Waals surface area contributed by atoms with Crippen LogP contribution >= 0.6 is 0 Å². The Morgan fingerprint density at radius 1 is 0.733 bits per heavy atom. The molecule has 0 atom stereocenters. The summed E-state index contributed by atoms with van der Waals surface area (Å²) in [6.07, 6.45) is 10.8. The number of hydrogen-bond acceptors (Lipinski definition) is 3. The lowest BCUT2D eigenvalue weighted by Gasteiger charge is -1.92. The number of aromatic nitrogens is 2. The molecule has 0 aromatic carbocycles. The highest BCUT2D eigenvalue weighted by Gasteiger charge is 1.86. The summed E-state index contributed by atoms with van der Waals surface area (Å²) in [4.78, 5) is 8.26. The van der Waals surface area contributed by atoms with Gasteiger partial charge in [-0.1, -0.05) is 85.8 Å². The number of aryl methyl sites for hydroxylation is 3. The highest BCUT2D eigenvalue weighted by atomic mass is 14.7. The van der Waals surface area contributed by atoms with Crippen LogP contribution in [0.1, 0.15) is 84.8 Å². The maximum atomic E-state index is 6.98. The predicted octanol–water partition coefficient (Wildman–Crippen LogP) is 8.80. The molecule has 0 aliphatic heterocycles. The zero-order valence-electron chi connectivity index (χ0n) is 21.7. The third-order valence-corrected chi connectivity index (χ3v) is 2.87. The standard InChI is InChI=1S/C12H14N2.C7H9N.4C2H6/c1-10(8-13)4-3-5-12-7-6-11(2)14-9-12;1-6-3-4-7(2)8-5-6;4*1-2/h3-9,13H,1-2H3;3-5H,1-2H3;4*1-2H3/b5-3+,10-4-,13-8?;;;;;. The summed E-state index contributed by atoms with van der Waals surface area (Å²) in [6.45, 7) is 23.9. The lowest BCUT2D eigenvalue weighted by atomic mass is 10.2. The maximum Gasteiger partial charge on any atom is 0.0373 e. The monoisotopic (exact) mass is 413 g/mol. The third kappa shape index (κ3) is 23.5. The SMILES string of the molecule is C/C(C=N)=C/C=C/c1ccc(C)nc1.CC.CC.CC.CC.Cc1ccc(C)nc1. The first-order valence-electron chi connectivity index (χ1n) is 11.2. The fourth-order valence-corrected chi connectivity index (χ4v) is 1.48. The van der Waals surface area contributed by atoms with Crippen LogP contribution in [0, 0.1) is 26.2 Å². The summed E-state index contributed by atoms with van der Waals surface area (Å²) in [7, 11) is 0. The van der Waals surface area contributed by atoms with Gasteiger partial charge in [-0.15, -0.1) is 0 Å². The average molecular weight is 414 g/mol. The van der Waals surface area contributed by atoms with Gasteiger partial charge < -0.3 is 5.41 Å². The van der Waals surface area contributed by atoms with Gasteiger partial charge in [-0.25, -0.2) is 0 Å². The van der Waals surface area contributed by atoms with Gasteiger partial charge in [-0.2, -0.15) is 0 Å². The van der Waals surface area contributed by atoms with Gasteiger partial charge in [-0.05, 0) is 56.5 Å². The van der Waals surface area contributed by atoms with E-state index in [1.807, 2.05) is 132 Å². The fraction of sp³-hybridized carbons (Fsp3) is 0.444.